The van der Waals surface area contributed by atoms with Crippen LogP contribution in [0.2, 0.25) is 0 Å². The van der Waals surface area contributed by atoms with Crippen molar-refractivity contribution in [3.05, 3.63) is 29.3 Å². The van der Waals surface area contributed by atoms with E-state index in [4.69, 9.17) is 15.2 Å². The van der Waals surface area contributed by atoms with Gasteiger partial charge in [-0.15, -0.1) is 0 Å². The molecular formula is C7H8N2O4S. The Labute approximate surface area is 80.5 Å². The summed E-state index contributed by atoms with van der Waals surface area (Å²) in [6.45, 7) is 0. The van der Waals surface area contributed by atoms with Crippen molar-refractivity contribution in [3.63, 3.8) is 0 Å². The van der Waals surface area contributed by atoms with E-state index in [1.54, 1.807) is 0 Å². The first-order valence-electron chi connectivity index (χ1n) is 3.67. The summed E-state index contributed by atoms with van der Waals surface area (Å²) in [4.78, 5) is 2.86. The number of hydrogen-bond acceptors (Lipinski definition) is 3. The maximum atomic E-state index is 10.6. The largest absolute Gasteiger partial charge is 0.372 e. The fourth-order valence-electron chi connectivity index (χ4n) is 1.04. The van der Waals surface area contributed by atoms with Crippen LogP contribution in [0.5, 0.6) is 0 Å². The van der Waals surface area contributed by atoms with Gasteiger partial charge in [-0.25, -0.2) is 0 Å². The average Bonchev–Trinajstić information content (AvgIpc) is 2.15. The van der Waals surface area contributed by atoms with E-state index in [-0.39, 0.29) is 17.7 Å². The van der Waals surface area contributed by atoms with E-state index in [1.165, 1.54) is 18.2 Å². The lowest BCUT2D eigenvalue weighted by Crippen LogP contribution is -2.24. The van der Waals surface area contributed by atoms with Crippen LogP contribution in [0.25, 0.3) is 5.53 Å². The van der Waals surface area contributed by atoms with Crippen molar-refractivity contribution in [1.82, 2.24) is 0 Å². The van der Waals surface area contributed by atoms with Crippen LogP contribution in [0.1, 0.15) is 6.42 Å². The van der Waals surface area contributed by atoms with Gasteiger partial charge >= 0.3 is 0 Å². The van der Waals surface area contributed by atoms with E-state index < -0.39 is 15.6 Å². The summed E-state index contributed by atoms with van der Waals surface area (Å²) in [5.74, 6) is 0. The van der Waals surface area contributed by atoms with Crippen molar-refractivity contribution in [1.29, 1.82) is 0 Å². The second-order valence-electron chi connectivity index (χ2n) is 2.74. The maximum Gasteiger partial charge on any atom is 0.296 e. The minimum atomic E-state index is -4.52. The lowest BCUT2D eigenvalue weighted by Gasteiger charge is -2.10. The lowest BCUT2D eigenvalue weighted by atomic mass is 10.0. The second-order valence-corrected chi connectivity index (χ2v) is 4.21. The zero-order valence-electron chi connectivity index (χ0n) is 7.03. The summed E-state index contributed by atoms with van der Waals surface area (Å²) >= 11 is 0. The fourth-order valence-corrected chi connectivity index (χ4v) is 1.58. The Hall–Kier alpha value is -1.27. The quantitative estimate of drug-likeness (QED) is 0.376. The van der Waals surface area contributed by atoms with Gasteiger partial charge < -0.3 is 10.6 Å². The molecule has 0 saturated heterocycles. The van der Waals surface area contributed by atoms with Crippen molar-refractivity contribution in [2.24, 2.45) is 0 Å². The number of allylic oxidation sites excluding steroid dienone is 3. The molecule has 76 valence electrons. The van der Waals surface area contributed by atoms with Gasteiger partial charge in [0.05, 0.1) is 6.42 Å². The minimum Gasteiger partial charge on any atom is -0.372 e. The fraction of sp³-hybridized carbons (Fsp3) is 0.286. The highest BCUT2D eigenvalue weighted by molar-refractivity contribution is 7.86. The van der Waals surface area contributed by atoms with Gasteiger partial charge in [0.2, 0.25) is 5.44 Å². The van der Waals surface area contributed by atoms with E-state index >= 15 is 0 Å². The van der Waals surface area contributed by atoms with Crippen molar-refractivity contribution < 1.29 is 22.9 Å². The molecule has 7 heteroatoms. The molecule has 1 unspecified atom stereocenters. The van der Waals surface area contributed by atoms with E-state index in [0.29, 0.717) is 0 Å². The smallest absolute Gasteiger partial charge is 0.296 e. The predicted octanol–water partition coefficient (Wildman–Crippen LogP) is -0.250. The molecular weight excluding hydrogens is 208 g/mol. The molecule has 0 aromatic heterocycles. The highest BCUT2D eigenvalue weighted by Crippen LogP contribution is 2.16. The molecule has 0 amide bonds. The molecule has 6 nitrogen and oxygen atoms in total. The number of aliphatic hydroxyl groups is 1. The molecule has 1 aliphatic carbocycles. The summed E-state index contributed by atoms with van der Waals surface area (Å²) in [5.41, 5.74) is 6.71. The first-order valence-corrected chi connectivity index (χ1v) is 5.18. The third kappa shape index (κ3) is 2.36. The standard InChI is InChI=1S/C7H8N2O4S/c8-9-6-3-1-2-5(4-6)7(10)14(11,12)13/h1-3,7,10H,4H2,(H,11,12,13). The lowest BCUT2D eigenvalue weighted by molar-refractivity contribution is -0.00587. The summed E-state index contributed by atoms with van der Waals surface area (Å²) in [6, 6.07) is 0. The molecule has 1 rings (SSSR count). The molecule has 0 aromatic rings. The molecule has 0 radical (unpaired) electrons. The van der Waals surface area contributed by atoms with Gasteiger partial charge in [-0.05, 0) is 5.57 Å². The molecule has 0 aromatic carbocycles. The summed E-state index contributed by atoms with van der Waals surface area (Å²) in [7, 11) is -4.52. The SMILES string of the molecule is [N-]=[N+]=C1C=CC=C(C(O)S(=O)(=O)O)C1. The van der Waals surface area contributed by atoms with Crippen LogP contribution in [0, 0.1) is 0 Å². The van der Waals surface area contributed by atoms with Crippen molar-refractivity contribution in [2.45, 2.75) is 11.9 Å². The normalized spacial score (nSPS) is 18.7. The Bertz CT molecular complexity index is 442. The molecule has 14 heavy (non-hydrogen) atoms. The van der Waals surface area contributed by atoms with Crippen LogP contribution >= 0.6 is 0 Å². The Morgan fingerprint density at radius 3 is 2.71 bits per heavy atom. The molecule has 0 heterocycles. The number of nitrogens with zero attached hydrogens (tertiary/aromatic N) is 2. The van der Waals surface area contributed by atoms with Crippen LogP contribution in [-0.2, 0) is 10.1 Å². The number of rotatable bonds is 2. The molecule has 1 aliphatic rings. The molecule has 0 saturated carbocycles. The molecule has 0 bridgehead atoms. The third-order valence-electron chi connectivity index (χ3n) is 1.71. The summed E-state index contributed by atoms with van der Waals surface area (Å²) in [5, 5.41) is 9.15. The Kier molecular flexibility index (Phi) is 2.97. The van der Waals surface area contributed by atoms with Gasteiger partial charge in [0, 0.05) is 6.08 Å². The predicted molar refractivity (Wildman–Crippen MR) is 48.0 cm³/mol. The highest BCUT2D eigenvalue weighted by atomic mass is 32.2. The third-order valence-corrected chi connectivity index (χ3v) is 2.58. The van der Waals surface area contributed by atoms with Crippen LogP contribution < -0.4 is 0 Å². The van der Waals surface area contributed by atoms with E-state index in [0.717, 1.165) is 0 Å². The Morgan fingerprint density at radius 1 is 1.57 bits per heavy atom. The van der Waals surface area contributed by atoms with Gasteiger partial charge in [-0.1, -0.05) is 12.2 Å². The zero-order chi connectivity index (χ0) is 10.8. The first kappa shape index (κ1) is 10.8. The molecule has 1 atom stereocenters. The Morgan fingerprint density at radius 2 is 2.21 bits per heavy atom. The highest BCUT2D eigenvalue weighted by Gasteiger charge is 2.27. The minimum absolute atomic E-state index is 0.0199. The van der Waals surface area contributed by atoms with Gasteiger partial charge in [-0.3, -0.25) is 4.55 Å². The molecule has 0 aliphatic heterocycles. The van der Waals surface area contributed by atoms with Crippen LogP contribution in [0.15, 0.2) is 23.8 Å². The summed E-state index contributed by atoms with van der Waals surface area (Å²) in [6.07, 6.45) is 4.20. The molecule has 0 spiro atoms. The number of aliphatic hydroxyl groups excluding tert-OH is 1. The number of hydrogen-bond donors (Lipinski definition) is 2. The summed E-state index contributed by atoms with van der Waals surface area (Å²) < 4.78 is 29.7. The van der Waals surface area contributed by atoms with Crippen LogP contribution in [0.3, 0.4) is 0 Å². The molecule has 0 fully saturated rings. The van der Waals surface area contributed by atoms with Gasteiger partial charge in [-0.2, -0.15) is 13.2 Å². The van der Waals surface area contributed by atoms with Crippen LogP contribution in [-0.4, -0.2) is 34.0 Å². The topological polar surface area (TPSA) is 111 Å². The van der Waals surface area contributed by atoms with Crippen molar-refractivity contribution in [2.75, 3.05) is 0 Å². The average molecular weight is 216 g/mol. The molecule has 2 N–H and O–H groups in total. The monoisotopic (exact) mass is 216 g/mol. The van der Waals surface area contributed by atoms with Crippen LogP contribution in [0.4, 0.5) is 0 Å². The second kappa shape index (κ2) is 3.85. The first-order chi connectivity index (χ1) is 6.45. The van der Waals surface area contributed by atoms with E-state index in [1.807, 2.05) is 0 Å². The maximum absolute atomic E-state index is 10.6. The van der Waals surface area contributed by atoms with Crippen molar-refractivity contribution in [3.8, 4) is 0 Å². The van der Waals surface area contributed by atoms with Gasteiger partial charge in [0.25, 0.3) is 15.8 Å². The van der Waals surface area contributed by atoms with E-state index in [9.17, 15) is 8.42 Å². The van der Waals surface area contributed by atoms with Gasteiger partial charge in [0.15, 0.2) is 0 Å². The zero-order valence-corrected chi connectivity index (χ0v) is 7.85. The van der Waals surface area contributed by atoms with E-state index in [2.05, 4.69) is 4.79 Å². The van der Waals surface area contributed by atoms with Gasteiger partial charge in [0.1, 0.15) is 0 Å². The Balaban J connectivity index is 2.97. The van der Waals surface area contributed by atoms with Crippen molar-refractivity contribution >= 4 is 15.8 Å².